The van der Waals surface area contributed by atoms with Crippen molar-refractivity contribution in [2.45, 2.75) is 13.8 Å². The highest BCUT2D eigenvalue weighted by Crippen LogP contribution is 2.27. The Hall–Kier alpha value is -2.08. The molecular weight excluding hydrogens is 196 g/mol. The molecule has 2 N–H and O–H groups in total. The lowest BCUT2D eigenvalue weighted by molar-refractivity contribution is -0.124. The first-order valence-corrected chi connectivity index (χ1v) is 4.19. The number of amides is 1. The van der Waals surface area contributed by atoms with Gasteiger partial charge in [0.1, 0.15) is 12.0 Å². The summed E-state index contributed by atoms with van der Waals surface area (Å²) >= 11 is 0. The molecule has 15 heavy (non-hydrogen) atoms. The number of hydrogen-bond donors (Lipinski definition) is 2. The van der Waals surface area contributed by atoms with Crippen molar-refractivity contribution in [3.8, 4) is 12.1 Å². The molecule has 0 saturated heterocycles. The summed E-state index contributed by atoms with van der Waals surface area (Å²) in [7, 11) is 1.38. The Bertz CT molecular complexity index is 359. The molecule has 0 heterocycles. The lowest BCUT2D eigenvalue weighted by Gasteiger charge is -2.24. The number of nitrogens with zero attached hydrogens (tertiary/aromatic N) is 3. The number of carbonyl (C=O) groups excluding carboxylic acids is 1. The molecule has 0 aliphatic carbocycles. The van der Waals surface area contributed by atoms with E-state index in [2.05, 4.69) is 10.5 Å². The zero-order chi connectivity index (χ0) is 12.1. The summed E-state index contributed by atoms with van der Waals surface area (Å²) in [5.74, 6) is -1.61. The number of hydrogen-bond acceptors (Lipinski definition) is 5. The van der Waals surface area contributed by atoms with Gasteiger partial charge in [-0.3, -0.25) is 4.79 Å². The molecule has 0 aromatic heterocycles. The molecule has 6 heteroatoms. The van der Waals surface area contributed by atoms with Crippen LogP contribution in [0.25, 0.3) is 0 Å². The van der Waals surface area contributed by atoms with E-state index < -0.39 is 17.2 Å². The minimum atomic E-state index is -1.11. The predicted octanol–water partition coefficient (Wildman–Crippen LogP) is 0.252. The van der Waals surface area contributed by atoms with Gasteiger partial charge in [-0.25, -0.2) is 0 Å². The molecule has 0 radical (unpaired) electrons. The molecule has 1 amide bonds. The second-order valence-corrected chi connectivity index (χ2v) is 3.48. The van der Waals surface area contributed by atoms with Crippen molar-refractivity contribution in [2.75, 3.05) is 7.05 Å². The Morgan fingerprint density at radius 3 is 2.33 bits per heavy atom. The third kappa shape index (κ3) is 2.68. The van der Waals surface area contributed by atoms with Crippen molar-refractivity contribution < 1.29 is 10.0 Å². The van der Waals surface area contributed by atoms with Gasteiger partial charge in [-0.05, 0) is 13.8 Å². The largest absolute Gasteiger partial charge is 0.410 e. The second-order valence-electron chi connectivity index (χ2n) is 3.48. The van der Waals surface area contributed by atoms with E-state index in [4.69, 9.17) is 15.7 Å². The van der Waals surface area contributed by atoms with E-state index in [1.807, 2.05) is 6.07 Å². The molecule has 0 spiro atoms. The van der Waals surface area contributed by atoms with Crippen molar-refractivity contribution in [1.29, 1.82) is 10.5 Å². The second kappa shape index (κ2) is 4.97. The van der Waals surface area contributed by atoms with Crippen LogP contribution in [0, 0.1) is 34.0 Å². The fraction of sp³-hybridized carbons (Fsp3) is 0.556. The molecule has 80 valence electrons. The predicted molar refractivity (Wildman–Crippen MR) is 51.8 cm³/mol. The molecular formula is C9H12N4O2. The maximum atomic E-state index is 11.5. The van der Waals surface area contributed by atoms with Gasteiger partial charge in [0.05, 0.1) is 11.5 Å². The fourth-order valence-corrected chi connectivity index (χ4v) is 1.15. The monoisotopic (exact) mass is 208 g/mol. The molecule has 6 nitrogen and oxygen atoms in total. The smallest absolute Gasteiger partial charge is 0.231 e. The Balaban J connectivity index is 5.39. The number of carbonyl (C=O) groups is 1. The van der Waals surface area contributed by atoms with Crippen LogP contribution in [0.2, 0.25) is 0 Å². The molecule has 0 aliphatic heterocycles. The van der Waals surface area contributed by atoms with Gasteiger partial charge in [0.2, 0.25) is 5.91 Å². The minimum Gasteiger partial charge on any atom is -0.410 e. The van der Waals surface area contributed by atoms with Crippen LogP contribution in [0.3, 0.4) is 0 Å². The van der Waals surface area contributed by atoms with Gasteiger partial charge in [0.25, 0.3) is 0 Å². The average Bonchev–Trinajstić information content (AvgIpc) is 2.24. The van der Waals surface area contributed by atoms with Crippen LogP contribution in [-0.2, 0) is 4.79 Å². The lowest BCUT2D eigenvalue weighted by Crippen LogP contribution is -2.41. The maximum Gasteiger partial charge on any atom is 0.231 e. The van der Waals surface area contributed by atoms with E-state index in [1.165, 1.54) is 20.9 Å². The van der Waals surface area contributed by atoms with Gasteiger partial charge >= 0.3 is 0 Å². The molecule has 0 aromatic rings. The average molecular weight is 208 g/mol. The zero-order valence-electron chi connectivity index (χ0n) is 8.77. The first-order valence-electron chi connectivity index (χ1n) is 4.19. The number of nitriles is 2. The van der Waals surface area contributed by atoms with Gasteiger partial charge < -0.3 is 10.5 Å². The zero-order valence-corrected chi connectivity index (χ0v) is 8.77. The summed E-state index contributed by atoms with van der Waals surface area (Å²) in [6.07, 6.45) is 0. The topological polar surface area (TPSA) is 109 Å². The molecule has 1 atom stereocenters. The number of rotatable bonds is 3. The van der Waals surface area contributed by atoms with E-state index in [-0.39, 0.29) is 5.71 Å². The van der Waals surface area contributed by atoms with Gasteiger partial charge in [-0.1, -0.05) is 5.16 Å². The molecule has 0 fully saturated rings. The van der Waals surface area contributed by atoms with Crippen molar-refractivity contribution in [2.24, 2.45) is 16.5 Å². The number of oxime groups is 1. The Morgan fingerprint density at radius 1 is 1.53 bits per heavy atom. The van der Waals surface area contributed by atoms with Gasteiger partial charge in [0, 0.05) is 7.05 Å². The van der Waals surface area contributed by atoms with E-state index in [9.17, 15) is 4.79 Å². The van der Waals surface area contributed by atoms with Crippen LogP contribution in [0.1, 0.15) is 13.8 Å². The van der Waals surface area contributed by atoms with Gasteiger partial charge in [-0.2, -0.15) is 10.5 Å². The number of nitrogens with one attached hydrogen (secondary N) is 1. The first kappa shape index (κ1) is 12.9. The standard InChI is InChI=1S/C9H12N4O2/c1-9(2,5-11)7(8(14)12-3)6(4-10)13-15/h7,15H,1-3H3,(H,12,14). The molecule has 0 aromatic carbocycles. The van der Waals surface area contributed by atoms with E-state index in [0.717, 1.165) is 0 Å². The molecule has 0 rings (SSSR count). The SMILES string of the molecule is CNC(=O)C(C(C#N)=NO)C(C)(C)C#N. The first-order chi connectivity index (χ1) is 6.94. The highest BCUT2D eigenvalue weighted by molar-refractivity contribution is 6.12. The Kier molecular flexibility index (Phi) is 4.28. The molecule has 0 bridgehead atoms. The van der Waals surface area contributed by atoms with Crippen LogP contribution in [-0.4, -0.2) is 23.9 Å². The molecule has 0 saturated carbocycles. The minimum absolute atomic E-state index is 0.374. The summed E-state index contributed by atoms with van der Waals surface area (Å²) in [6.45, 7) is 2.99. The third-order valence-electron chi connectivity index (χ3n) is 2.01. The lowest BCUT2D eigenvalue weighted by atomic mass is 9.77. The van der Waals surface area contributed by atoms with Crippen LogP contribution in [0.4, 0.5) is 0 Å². The van der Waals surface area contributed by atoms with Crippen LogP contribution in [0.5, 0.6) is 0 Å². The van der Waals surface area contributed by atoms with E-state index in [0.29, 0.717) is 0 Å². The molecule has 0 aliphatic rings. The summed E-state index contributed by atoms with van der Waals surface area (Å²) in [5.41, 5.74) is -1.49. The summed E-state index contributed by atoms with van der Waals surface area (Å²) in [6, 6.07) is 3.50. The van der Waals surface area contributed by atoms with Crippen LogP contribution in [0.15, 0.2) is 5.16 Å². The summed E-state index contributed by atoms with van der Waals surface area (Å²) < 4.78 is 0. The highest BCUT2D eigenvalue weighted by atomic mass is 16.4. The van der Waals surface area contributed by atoms with Crippen LogP contribution >= 0.6 is 0 Å². The van der Waals surface area contributed by atoms with E-state index >= 15 is 0 Å². The van der Waals surface area contributed by atoms with Gasteiger partial charge in [-0.15, -0.1) is 0 Å². The summed E-state index contributed by atoms with van der Waals surface area (Å²) in [5, 5.41) is 31.2. The van der Waals surface area contributed by atoms with Crippen molar-refractivity contribution in [1.82, 2.24) is 5.32 Å². The molecule has 1 unspecified atom stereocenters. The quantitative estimate of drug-likeness (QED) is 0.393. The van der Waals surface area contributed by atoms with Crippen molar-refractivity contribution in [3.63, 3.8) is 0 Å². The van der Waals surface area contributed by atoms with Crippen LogP contribution < -0.4 is 5.32 Å². The Labute approximate surface area is 87.8 Å². The Morgan fingerprint density at radius 2 is 2.07 bits per heavy atom. The van der Waals surface area contributed by atoms with Crippen molar-refractivity contribution >= 4 is 11.6 Å². The third-order valence-corrected chi connectivity index (χ3v) is 2.01. The fourth-order valence-electron chi connectivity index (χ4n) is 1.15. The van der Waals surface area contributed by atoms with Gasteiger partial charge in [0.15, 0.2) is 5.71 Å². The van der Waals surface area contributed by atoms with E-state index in [1.54, 1.807) is 6.07 Å². The maximum absolute atomic E-state index is 11.5. The van der Waals surface area contributed by atoms with Crippen molar-refractivity contribution in [3.05, 3.63) is 0 Å². The normalized spacial score (nSPS) is 13.5. The highest BCUT2D eigenvalue weighted by Gasteiger charge is 2.39. The summed E-state index contributed by atoms with van der Waals surface area (Å²) in [4.78, 5) is 11.5.